The molecule has 3 rings (SSSR count). The average Bonchev–Trinajstić information content (AvgIpc) is 2.75. The van der Waals surface area contributed by atoms with Crippen molar-refractivity contribution in [3.63, 3.8) is 0 Å². The highest BCUT2D eigenvalue weighted by Crippen LogP contribution is 2.20. The number of methoxy groups -OCH3 is 1. The van der Waals surface area contributed by atoms with E-state index >= 15 is 0 Å². The zero-order chi connectivity index (χ0) is 19.6. The predicted molar refractivity (Wildman–Crippen MR) is 113 cm³/mol. The Labute approximate surface area is 167 Å². The Morgan fingerprint density at radius 1 is 1.14 bits per heavy atom. The van der Waals surface area contributed by atoms with Gasteiger partial charge in [-0.25, -0.2) is 4.98 Å². The third kappa shape index (κ3) is 6.12. The van der Waals surface area contributed by atoms with Gasteiger partial charge in [0.25, 0.3) is 5.91 Å². The monoisotopic (exact) mass is 379 g/mol. The number of nitrogens with one attached hydrogen (secondary N) is 2. The van der Waals surface area contributed by atoms with Crippen LogP contribution in [0.5, 0.6) is 5.75 Å². The Bertz CT molecular complexity index is 817. The van der Waals surface area contributed by atoms with Crippen molar-refractivity contribution in [3.8, 4) is 5.75 Å². The van der Waals surface area contributed by atoms with Crippen molar-refractivity contribution in [2.45, 2.75) is 38.5 Å². The normalized spacial score (nSPS) is 13.5. The molecule has 5 heteroatoms. The first kappa shape index (κ1) is 19.9. The molecule has 0 spiro atoms. The molecule has 1 heterocycles. The number of carbonyl (C=O) groups is 1. The number of hydrogen-bond acceptors (Lipinski definition) is 4. The van der Waals surface area contributed by atoms with Gasteiger partial charge in [-0.1, -0.05) is 23.8 Å². The molecule has 148 valence electrons. The molecule has 0 aliphatic heterocycles. The molecule has 1 amide bonds. The van der Waals surface area contributed by atoms with Gasteiger partial charge in [0.05, 0.1) is 7.11 Å². The summed E-state index contributed by atoms with van der Waals surface area (Å²) in [5, 5.41) is 6.31. The molecule has 2 N–H and O–H groups in total. The van der Waals surface area contributed by atoms with Gasteiger partial charge in [-0.15, -0.1) is 0 Å². The number of benzene rings is 1. The molecule has 0 saturated heterocycles. The van der Waals surface area contributed by atoms with Crippen molar-refractivity contribution in [2.75, 3.05) is 25.5 Å². The van der Waals surface area contributed by atoms with Crippen molar-refractivity contribution in [3.05, 3.63) is 65.4 Å². The minimum atomic E-state index is -0.0802. The number of hydrogen-bond donors (Lipinski definition) is 2. The van der Waals surface area contributed by atoms with Crippen LogP contribution in [-0.4, -0.2) is 31.1 Å². The zero-order valence-corrected chi connectivity index (χ0v) is 16.5. The van der Waals surface area contributed by atoms with Crippen molar-refractivity contribution in [2.24, 2.45) is 0 Å². The van der Waals surface area contributed by atoms with E-state index in [2.05, 4.69) is 21.7 Å². The Morgan fingerprint density at radius 3 is 2.89 bits per heavy atom. The largest absolute Gasteiger partial charge is 0.497 e. The number of anilines is 1. The third-order valence-electron chi connectivity index (χ3n) is 4.99. The maximum atomic E-state index is 12.4. The molecule has 1 aromatic carbocycles. The number of amides is 1. The molecule has 0 saturated carbocycles. The number of aromatic nitrogens is 1. The van der Waals surface area contributed by atoms with E-state index in [9.17, 15) is 4.79 Å². The highest BCUT2D eigenvalue weighted by atomic mass is 16.5. The fourth-order valence-corrected chi connectivity index (χ4v) is 3.40. The summed E-state index contributed by atoms with van der Waals surface area (Å²) in [7, 11) is 1.65. The van der Waals surface area contributed by atoms with Gasteiger partial charge in [0, 0.05) is 24.8 Å². The Hall–Kier alpha value is -2.82. The van der Waals surface area contributed by atoms with E-state index in [4.69, 9.17) is 4.74 Å². The Balaban J connectivity index is 1.45. The van der Waals surface area contributed by atoms with Crippen LogP contribution in [0.1, 0.15) is 48.0 Å². The Kier molecular flexibility index (Phi) is 7.47. The van der Waals surface area contributed by atoms with E-state index < -0.39 is 0 Å². The standard InChI is InChI=1S/C23H29N3O2/c1-28-21-9-5-8-19(16-21)11-14-26-23(27)20-12-15-25-22(17-20)24-13-10-18-6-3-2-4-7-18/h5-6,8-9,12,15-17H,2-4,7,10-11,13-14H2,1H3,(H,24,25)(H,26,27). The molecular formula is C23H29N3O2. The summed E-state index contributed by atoms with van der Waals surface area (Å²) in [4.78, 5) is 16.8. The maximum Gasteiger partial charge on any atom is 0.251 e. The smallest absolute Gasteiger partial charge is 0.251 e. The van der Waals surface area contributed by atoms with Gasteiger partial charge in [0.1, 0.15) is 11.6 Å². The van der Waals surface area contributed by atoms with Gasteiger partial charge < -0.3 is 15.4 Å². The number of rotatable bonds is 9. The number of pyridine rings is 1. The second-order valence-electron chi connectivity index (χ2n) is 7.07. The van der Waals surface area contributed by atoms with Gasteiger partial charge in [0.15, 0.2) is 0 Å². The van der Waals surface area contributed by atoms with E-state index in [-0.39, 0.29) is 5.91 Å². The molecule has 2 aromatic rings. The first-order chi connectivity index (χ1) is 13.7. The lowest BCUT2D eigenvalue weighted by Gasteiger charge is -2.13. The minimum absolute atomic E-state index is 0.0802. The van der Waals surface area contributed by atoms with E-state index in [0.29, 0.717) is 12.1 Å². The molecule has 1 aliphatic carbocycles. The maximum absolute atomic E-state index is 12.4. The van der Waals surface area contributed by atoms with Crippen LogP contribution in [0.25, 0.3) is 0 Å². The minimum Gasteiger partial charge on any atom is -0.497 e. The molecule has 1 aromatic heterocycles. The van der Waals surface area contributed by atoms with Crippen molar-refractivity contribution >= 4 is 11.7 Å². The summed E-state index contributed by atoms with van der Waals surface area (Å²) in [6.07, 6.45) is 10.9. The molecule has 5 nitrogen and oxygen atoms in total. The van der Waals surface area contributed by atoms with E-state index in [1.165, 1.54) is 31.3 Å². The first-order valence-electron chi connectivity index (χ1n) is 10.0. The van der Waals surface area contributed by atoms with Gasteiger partial charge >= 0.3 is 0 Å². The molecule has 1 aliphatic rings. The van der Waals surface area contributed by atoms with E-state index in [1.807, 2.05) is 30.3 Å². The van der Waals surface area contributed by atoms with Crippen LogP contribution in [0.2, 0.25) is 0 Å². The van der Waals surface area contributed by atoms with Crippen molar-refractivity contribution < 1.29 is 9.53 Å². The quantitative estimate of drug-likeness (QED) is 0.635. The third-order valence-corrected chi connectivity index (χ3v) is 4.99. The first-order valence-corrected chi connectivity index (χ1v) is 10.0. The Morgan fingerprint density at radius 2 is 2.07 bits per heavy atom. The lowest BCUT2D eigenvalue weighted by atomic mass is 9.97. The van der Waals surface area contributed by atoms with E-state index in [1.54, 1.807) is 19.4 Å². The molecular weight excluding hydrogens is 350 g/mol. The van der Waals surface area contributed by atoms with Crippen LogP contribution in [0.15, 0.2) is 54.2 Å². The second kappa shape index (κ2) is 10.5. The molecule has 0 radical (unpaired) electrons. The fraction of sp³-hybridized carbons (Fsp3) is 0.391. The van der Waals surface area contributed by atoms with Crippen LogP contribution < -0.4 is 15.4 Å². The SMILES string of the molecule is COc1cccc(CCNC(=O)c2ccnc(NCCC3=CCCCC3)c2)c1. The number of carbonyl (C=O) groups excluding carboxylic acids is 1. The van der Waals surface area contributed by atoms with Crippen LogP contribution in [-0.2, 0) is 6.42 Å². The number of ether oxygens (including phenoxy) is 1. The lowest BCUT2D eigenvalue weighted by Crippen LogP contribution is -2.25. The second-order valence-corrected chi connectivity index (χ2v) is 7.07. The van der Waals surface area contributed by atoms with Crippen LogP contribution in [0, 0.1) is 0 Å². The van der Waals surface area contributed by atoms with Crippen LogP contribution in [0.4, 0.5) is 5.82 Å². The zero-order valence-electron chi connectivity index (χ0n) is 16.5. The fourth-order valence-electron chi connectivity index (χ4n) is 3.40. The van der Waals surface area contributed by atoms with E-state index in [0.717, 1.165) is 36.5 Å². The summed E-state index contributed by atoms with van der Waals surface area (Å²) < 4.78 is 5.23. The highest BCUT2D eigenvalue weighted by Gasteiger charge is 2.08. The molecule has 0 bridgehead atoms. The summed E-state index contributed by atoms with van der Waals surface area (Å²) in [6.45, 7) is 1.42. The summed E-state index contributed by atoms with van der Waals surface area (Å²) in [6, 6.07) is 11.5. The van der Waals surface area contributed by atoms with Crippen molar-refractivity contribution in [1.82, 2.24) is 10.3 Å². The van der Waals surface area contributed by atoms with Crippen LogP contribution in [0.3, 0.4) is 0 Å². The topological polar surface area (TPSA) is 63.2 Å². The van der Waals surface area contributed by atoms with Gasteiger partial charge in [-0.05, 0) is 68.4 Å². The molecule has 0 atom stereocenters. The average molecular weight is 380 g/mol. The highest BCUT2D eigenvalue weighted by molar-refractivity contribution is 5.94. The number of allylic oxidation sites excluding steroid dienone is 1. The van der Waals surface area contributed by atoms with Gasteiger partial charge in [-0.2, -0.15) is 0 Å². The van der Waals surface area contributed by atoms with Crippen LogP contribution >= 0.6 is 0 Å². The molecule has 0 fully saturated rings. The number of nitrogens with zero attached hydrogens (tertiary/aromatic N) is 1. The summed E-state index contributed by atoms with van der Waals surface area (Å²) in [5.74, 6) is 1.50. The summed E-state index contributed by atoms with van der Waals surface area (Å²) in [5.41, 5.74) is 3.29. The van der Waals surface area contributed by atoms with Crippen molar-refractivity contribution in [1.29, 1.82) is 0 Å². The van der Waals surface area contributed by atoms with Gasteiger partial charge in [-0.3, -0.25) is 4.79 Å². The molecule has 28 heavy (non-hydrogen) atoms. The summed E-state index contributed by atoms with van der Waals surface area (Å²) >= 11 is 0. The predicted octanol–water partition coefficient (Wildman–Crippen LogP) is 4.37. The lowest BCUT2D eigenvalue weighted by molar-refractivity contribution is 0.0954. The molecule has 0 unspecified atom stereocenters. The van der Waals surface area contributed by atoms with Gasteiger partial charge in [0.2, 0.25) is 0 Å².